The number of carbonyl (C=O) groups excluding carboxylic acids is 2. The van der Waals surface area contributed by atoms with E-state index in [0.29, 0.717) is 18.8 Å². The molecule has 7 atom stereocenters. The van der Waals surface area contributed by atoms with Crippen LogP contribution in [-0.2, 0) is 9.47 Å². The van der Waals surface area contributed by atoms with Crippen LogP contribution in [0.3, 0.4) is 0 Å². The number of unbranched alkanes of at least 4 members (excludes halogenated alkanes) is 18. The summed E-state index contributed by atoms with van der Waals surface area (Å²) in [5.74, 6) is -3.69. The summed E-state index contributed by atoms with van der Waals surface area (Å²) in [5, 5.41) is 68.1. The Kier molecular flexibility index (Phi) is 18.3. The van der Waals surface area contributed by atoms with Crippen molar-refractivity contribution in [1.29, 1.82) is 0 Å². The molecule has 2 aromatic carbocycles. The summed E-state index contributed by atoms with van der Waals surface area (Å²) in [5.41, 5.74) is -6.15. The number of esters is 2. The van der Waals surface area contributed by atoms with E-state index in [1.54, 1.807) is 0 Å². The van der Waals surface area contributed by atoms with E-state index in [1.165, 1.54) is 138 Å². The molecule has 2 fully saturated rings. The van der Waals surface area contributed by atoms with Gasteiger partial charge in [-0.3, -0.25) is 0 Å². The standard InChI is InChI=1S/C46H70O10/c1-3-5-7-9-11-13-15-17-19-21-31-55-42(50)36-27-23-34(24-28-36)39-41(49)45(53)40(44(52,38(48)33-47)46(39,45)54)35-25-29-37(30-26-35)43(51)56-32-22-20-18-16-14-12-10-8-6-4-2/h23-30,38-41,47-49,52-54H,3-22,31-33H2,1-2H3/t38-,39?,40?,41?,44+,45+,46+/m1/s1. The van der Waals surface area contributed by atoms with E-state index in [9.17, 15) is 40.2 Å². The maximum Gasteiger partial charge on any atom is 0.338 e. The molecule has 2 aliphatic carbocycles. The molecule has 314 valence electrons. The second-order valence-corrected chi connectivity index (χ2v) is 16.4. The number of aliphatic hydroxyl groups is 6. The number of hydrogen-bond donors (Lipinski definition) is 6. The van der Waals surface area contributed by atoms with E-state index in [0.717, 1.165) is 38.5 Å². The molecule has 4 rings (SSSR count). The topological polar surface area (TPSA) is 174 Å². The lowest BCUT2D eigenvalue weighted by molar-refractivity contribution is -0.459. The molecular weight excluding hydrogens is 712 g/mol. The second-order valence-electron chi connectivity index (χ2n) is 16.4. The minimum absolute atomic E-state index is 0.247. The lowest BCUT2D eigenvalue weighted by Crippen LogP contribution is -2.99. The van der Waals surface area contributed by atoms with Gasteiger partial charge >= 0.3 is 11.9 Å². The Labute approximate surface area is 334 Å². The molecule has 56 heavy (non-hydrogen) atoms. The molecule has 0 heterocycles. The van der Waals surface area contributed by atoms with E-state index in [2.05, 4.69) is 13.8 Å². The lowest BCUT2D eigenvalue weighted by Gasteiger charge is -2.80. The van der Waals surface area contributed by atoms with Crippen LogP contribution < -0.4 is 0 Å². The van der Waals surface area contributed by atoms with Crippen molar-refractivity contribution in [1.82, 2.24) is 0 Å². The van der Waals surface area contributed by atoms with Crippen molar-refractivity contribution in [3.05, 3.63) is 70.8 Å². The number of carbonyl (C=O) groups is 2. The van der Waals surface area contributed by atoms with Crippen LogP contribution in [0.5, 0.6) is 0 Å². The fourth-order valence-corrected chi connectivity index (χ4v) is 9.13. The molecule has 0 saturated heterocycles. The predicted octanol–water partition coefficient (Wildman–Crippen LogP) is 7.64. The number of fused-ring (bicyclic) bond motifs is 1. The monoisotopic (exact) mass is 782 g/mol. The second kappa shape index (κ2) is 22.3. The molecule has 0 aliphatic heterocycles. The third kappa shape index (κ3) is 10.0. The first-order chi connectivity index (χ1) is 27.0. The number of hydrogen-bond acceptors (Lipinski definition) is 10. The van der Waals surface area contributed by atoms with Crippen molar-refractivity contribution in [3.8, 4) is 0 Å². The third-order valence-corrected chi connectivity index (χ3v) is 12.4. The van der Waals surface area contributed by atoms with Crippen molar-refractivity contribution < 1.29 is 49.7 Å². The maximum atomic E-state index is 12.7. The largest absolute Gasteiger partial charge is 0.462 e. The Hall–Kier alpha value is -2.86. The molecular formula is C46H70O10. The Morgan fingerprint density at radius 3 is 1.32 bits per heavy atom. The van der Waals surface area contributed by atoms with Crippen LogP contribution in [0.1, 0.15) is 186 Å². The molecule has 3 unspecified atom stereocenters. The first kappa shape index (κ1) is 45.8. The molecule has 0 radical (unpaired) electrons. The summed E-state index contributed by atoms with van der Waals surface area (Å²) < 4.78 is 10.9. The van der Waals surface area contributed by atoms with Crippen LogP contribution >= 0.6 is 0 Å². The summed E-state index contributed by atoms with van der Waals surface area (Å²) in [7, 11) is 0. The van der Waals surface area contributed by atoms with Gasteiger partial charge in [-0.05, 0) is 48.2 Å². The fraction of sp³-hybridized carbons (Fsp3) is 0.696. The highest BCUT2D eigenvalue weighted by Gasteiger charge is 2.93. The normalized spacial score (nSPS) is 25.8. The van der Waals surface area contributed by atoms with Crippen LogP contribution in [0.15, 0.2) is 48.5 Å². The Morgan fingerprint density at radius 2 is 0.946 bits per heavy atom. The van der Waals surface area contributed by atoms with Gasteiger partial charge in [-0.25, -0.2) is 9.59 Å². The number of aliphatic hydroxyl groups excluding tert-OH is 3. The highest BCUT2D eigenvalue weighted by Crippen LogP contribution is 2.75. The average molecular weight is 783 g/mol. The van der Waals surface area contributed by atoms with E-state index in [4.69, 9.17) is 9.47 Å². The van der Waals surface area contributed by atoms with Crippen molar-refractivity contribution >= 4 is 11.9 Å². The Morgan fingerprint density at radius 1 is 0.589 bits per heavy atom. The SMILES string of the molecule is CCCCCCCCCCCCOC(=O)c1ccc(C2C(O)[C@@]3(O)C(c4ccc(C(=O)OCCCCCCCCCCCC)cc4)[C@@](O)([C@H](O)CO)[C@@]23O)cc1. The van der Waals surface area contributed by atoms with Gasteiger partial charge in [-0.15, -0.1) is 0 Å². The van der Waals surface area contributed by atoms with Crippen molar-refractivity contribution in [3.63, 3.8) is 0 Å². The van der Waals surface area contributed by atoms with Gasteiger partial charge in [0.05, 0.1) is 43.0 Å². The zero-order valence-electron chi connectivity index (χ0n) is 34.0. The van der Waals surface area contributed by atoms with Gasteiger partial charge in [-0.2, -0.15) is 0 Å². The summed E-state index contributed by atoms with van der Waals surface area (Å²) in [4.78, 5) is 25.5. The van der Waals surface area contributed by atoms with Gasteiger partial charge in [-0.1, -0.05) is 154 Å². The highest BCUT2D eigenvalue weighted by molar-refractivity contribution is 5.90. The first-order valence-corrected chi connectivity index (χ1v) is 21.7. The minimum Gasteiger partial charge on any atom is -0.462 e. The van der Waals surface area contributed by atoms with E-state index in [-0.39, 0.29) is 16.7 Å². The fourth-order valence-electron chi connectivity index (χ4n) is 9.13. The third-order valence-electron chi connectivity index (χ3n) is 12.4. The lowest BCUT2D eigenvalue weighted by atomic mass is 9.30. The molecule has 2 aromatic rings. The molecule has 0 bridgehead atoms. The van der Waals surface area contributed by atoms with Gasteiger partial charge in [0.25, 0.3) is 0 Å². The molecule has 10 heteroatoms. The molecule has 6 N–H and O–H groups in total. The van der Waals surface area contributed by atoms with E-state index in [1.807, 2.05) is 0 Å². The summed E-state index contributed by atoms with van der Waals surface area (Å²) in [6.07, 6.45) is 19.9. The first-order valence-electron chi connectivity index (χ1n) is 21.7. The van der Waals surface area contributed by atoms with Crippen LogP contribution in [0.25, 0.3) is 0 Å². The van der Waals surface area contributed by atoms with E-state index < -0.39 is 59.4 Å². The number of rotatable bonds is 28. The summed E-state index contributed by atoms with van der Waals surface area (Å²) in [6.45, 7) is 4.11. The van der Waals surface area contributed by atoms with Gasteiger partial charge in [0, 0.05) is 5.92 Å². The van der Waals surface area contributed by atoms with E-state index >= 15 is 0 Å². The van der Waals surface area contributed by atoms with Gasteiger partial charge in [0.2, 0.25) is 0 Å². The van der Waals surface area contributed by atoms with Gasteiger partial charge in [0.1, 0.15) is 22.9 Å². The minimum atomic E-state index is -2.48. The predicted molar refractivity (Wildman–Crippen MR) is 217 cm³/mol. The highest BCUT2D eigenvalue weighted by atomic mass is 16.5. The number of ether oxygens (including phenoxy) is 2. The molecule has 2 saturated carbocycles. The van der Waals surface area contributed by atoms with Crippen LogP contribution in [0.2, 0.25) is 0 Å². The van der Waals surface area contributed by atoms with Crippen molar-refractivity contribution in [2.24, 2.45) is 0 Å². The number of benzene rings is 2. The van der Waals surface area contributed by atoms with Crippen LogP contribution in [0, 0.1) is 0 Å². The molecule has 0 amide bonds. The zero-order valence-corrected chi connectivity index (χ0v) is 34.0. The molecule has 2 aliphatic rings. The molecule has 0 spiro atoms. The Bertz CT molecular complexity index is 1460. The van der Waals surface area contributed by atoms with Crippen LogP contribution in [-0.4, -0.2) is 91.4 Å². The van der Waals surface area contributed by atoms with Crippen LogP contribution in [0.4, 0.5) is 0 Å². The van der Waals surface area contributed by atoms with Gasteiger partial charge < -0.3 is 40.1 Å². The molecule has 0 aromatic heterocycles. The summed E-state index contributed by atoms with van der Waals surface area (Å²) in [6, 6.07) is 11.9. The van der Waals surface area contributed by atoms with Gasteiger partial charge in [0.15, 0.2) is 0 Å². The smallest absolute Gasteiger partial charge is 0.338 e. The maximum absolute atomic E-state index is 12.7. The zero-order chi connectivity index (χ0) is 40.6. The van der Waals surface area contributed by atoms with Crippen molar-refractivity contribution in [2.45, 2.75) is 183 Å². The Balaban J connectivity index is 1.29. The average Bonchev–Trinajstić information content (AvgIpc) is 3.21. The quantitative estimate of drug-likeness (QED) is 0.0372. The van der Waals surface area contributed by atoms with Crippen molar-refractivity contribution in [2.75, 3.05) is 19.8 Å². The summed E-state index contributed by atoms with van der Waals surface area (Å²) >= 11 is 0. The molecule has 10 nitrogen and oxygen atoms in total.